The summed E-state index contributed by atoms with van der Waals surface area (Å²) < 4.78 is 0. The van der Waals surface area contributed by atoms with E-state index >= 15 is 0 Å². The molecule has 0 atom stereocenters. The Labute approximate surface area is 117 Å². The molecular formula is C16H14ClNO. The second-order valence-corrected chi connectivity index (χ2v) is 5.24. The van der Waals surface area contributed by atoms with Gasteiger partial charge in [0.1, 0.15) is 0 Å². The smallest absolute Gasteiger partial charge is 0.195 e. The number of hydrogen-bond acceptors (Lipinski definition) is 2. The fraction of sp³-hybridized carbons (Fsp3) is 0.188. The molecule has 2 aromatic carbocycles. The highest BCUT2D eigenvalue weighted by Gasteiger charge is 2.23. The largest absolute Gasteiger partial charge is 0.382 e. The average Bonchev–Trinajstić information content (AvgIpc) is 3.25. The summed E-state index contributed by atoms with van der Waals surface area (Å²) in [6.07, 6.45) is 2.34. The summed E-state index contributed by atoms with van der Waals surface area (Å²) in [6.45, 7) is 0. The van der Waals surface area contributed by atoms with Gasteiger partial charge in [0.15, 0.2) is 5.78 Å². The molecule has 0 unspecified atom stereocenters. The molecule has 19 heavy (non-hydrogen) atoms. The van der Waals surface area contributed by atoms with Gasteiger partial charge in [0.05, 0.1) is 0 Å². The van der Waals surface area contributed by atoms with E-state index in [-0.39, 0.29) is 5.78 Å². The Balaban J connectivity index is 1.97. The third-order valence-corrected chi connectivity index (χ3v) is 3.43. The number of carbonyl (C=O) groups excluding carboxylic acids is 1. The minimum atomic E-state index is 0.00579. The van der Waals surface area contributed by atoms with Crippen LogP contribution < -0.4 is 5.32 Å². The van der Waals surface area contributed by atoms with E-state index in [1.165, 1.54) is 12.8 Å². The molecule has 0 radical (unpaired) electrons. The number of nitrogens with one attached hydrogen (secondary N) is 1. The zero-order valence-corrected chi connectivity index (χ0v) is 11.2. The SMILES string of the molecule is O=C(c1ccccc1)c1cc(Cl)ccc1NC1CC1. The zero-order valence-electron chi connectivity index (χ0n) is 10.4. The van der Waals surface area contributed by atoms with Crippen LogP contribution >= 0.6 is 11.6 Å². The maximum absolute atomic E-state index is 12.5. The Hall–Kier alpha value is -1.80. The van der Waals surface area contributed by atoms with Crippen LogP contribution in [0, 0.1) is 0 Å². The van der Waals surface area contributed by atoms with Gasteiger partial charge in [-0.2, -0.15) is 0 Å². The molecule has 2 aromatic rings. The lowest BCUT2D eigenvalue weighted by Gasteiger charge is -2.11. The van der Waals surface area contributed by atoms with Crippen LogP contribution in [0.5, 0.6) is 0 Å². The Morgan fingerprint density at radius 2 is 1.84 bits per heavy atom. The summed E-state index contributed by atoms with van der Waals surface area (Å²) in [5.41, 5.74) is 2.20. The van der Waals surface area contributed by atoms with Gasteiger partial charge < -0.3 is 5.32 Å². The third-order valence-electron chi connectivity index (χ3n) is 3.20. The summed E-state index contributed by atoms with van der Waals surface area (Å²) in [4.78, 5) is 12.5. The second-order valence-electron chi connectivity index (χ2n) is 4.80. The lowest BCUT2D eigenvalue weighted by Crippen LogP contribution is -2.09. The lowest BCUT2D eigenvalue weighted by molar-refractivity contribution is 0.103. The van der Waals surface area contributed by atoms with Gasteiger partial charge in [-0.25, -0.2) is 0 Å². The van der Waals surface area contributed by atoms with Crippen LogP contribution in [0.3, 0.4) is 0 Å². The molecule has 1 saturated carbocycles. The van der Waals surface area contributed by atoms with E-state index in [0.29, 0.717) is 22.2 Å². The lowest BCUT2D eigenvalue weighted by atomic mass is 10.0. The van der Waals surface area contributed by atoms with E-state index in [0.717, 1.165) is 5.69 Å². The molecule has 0 aliphatic heterocycles. The van der Waals surface area contributed by atoms with Crippen molar-refractivity contribution in [3.63, 3.8) is 0 Å². The van der Waals surface area contributed by atoms with Crippen LogP contribution in [0.15, 0.2) is 48.5 Å². The molecule has 1 fully saturated rings. The van der Waals surface area contributed by atoms with Gasteiger partial charge in [0, 0.05) is 27.9 Å². The van der Waals surface area contributed by atoms with Crippen LogP contribution in [-0.4, -0.2) is 11.8 Å². The normalized spacial score (nSPS) is 14.2. The van der Waals surface area contributed by atoms with Crippen molar-refractivity contribution in [3.8, 4) is 0 Å². The molecule has 0 aromatic heterocycles. The molecule has 0 amide bonds. The molecule has 0 heterocycles. The number of rotatable bonds is 4. The molecule has 1 aliphatic carbocycles. The summed E-state index contributed by atoms with van der Waals surface area (Å²) >= 11 is 6.02. The highest BCUT2D eigenvalue weighted by Crippen LogP contribution is 2.29. The minimum absolute atomic E-state index is 0.00579. The fourth-order valence-electron chi connectivity index (χ4n) is 2.02. The molecule has 3 rings (SSSR count). The molecular weight excluding hydrogens is 258 g/mol. The number of hydrogen-bond donors (Lipinski definition) is 1. The van der Waals surface area contributed by atoms with Gasteiger partial charge in [-0.1, -0.05) is 41.9 Å². The third kappa shape index (κ3) is 2.79. The first-order valence-electron chi connectivity index (χ1n) is 6.40. The Morgan fingerprint density at radius 1 is 1.11 bits per heavy atom. The first-order valence-corrected chi connectivity index (χ1v) is 6.77. The van der Waals surface area contributed by atoms with Crippen molar-refractivity contribution in [3.05, 3.63) is 64.7 Å². The highest BCUT2D eigenvalue weighted by atomic mass is 35.5. The molecule has 96 valence electrons. The van der Waals surface area contributed by atoms with Crippen molar-refractivity contribution in [2.75, 3.05) is 5.32 Å². The van der Waals surface area contributed by atoms with Crippen molar-refractivity contribution in [1.82, 2.24) is 0 Å². The van der Waals surface area contributed by atoms with Crippen LogP contribution in [0.1, 0.15) is 28.8 Å². The van der Waals surface area contributed by atoms with Gasteiger partial charge in [0.2, 0.25) is 0 Å². The van der Waals surface area contributed by atoms with E-state index in [2.05, 4.69) is 5.32 Å². The van der Waals surface area contributed by atoms with Crippen LogP contribution in [-0.2, 0) is 0 Å². The summed E-state index contributed by atoms with van der Waals surface area (Å²) in [5.74, 6) is 0.00579. The van der Waals surface area contributed by atoms with Crippen LogP contribution in [0.2, 0.25) is 5.02 Å². The second kappa shape index (κ2) is 5.06. The first kappa shape index (κ1) is 12.2. The predicted octanol–water partition coefficient (Wildman–Crippen LogP) is 4.15. The average molecular weight is 272 g/mol. The maximum Gasteiger partial charge on any atom is 0.195 e. The van der Waals surface area contributed by atoms with E-state index in [9.17, 15) is 4.79 Å². The number of benzene rings is 2. The summed E-state index contributed by atoms with van der Waals surface area (Å²) in [5, 5.41) is 3.97. The summed E-state index contributed by atoms with van der Waals surface area (Å²) in [6, 6.07) is 15.2. The topological polar surface area (TPSA) is 29.1 Å². The van der Waals surface area contributed by atoms with Gasteiger partial charge >= 0.3 is 0 Å². The predicted molar refractivity (Wildman–Crippen MR) is 78.0 cm³/mol. The molecule has 2 nitrogen and oxygen atoms in total. The van der Waals surface area contributed by atoms with Crippen molar-refractivity contribution >= 4 is 23.1 Å². The number of ketones is 1. The molecule has 3 heteroatoms. The Kier molecular flexibility index (Phi) is 3.26. The molecule has 0 saturated heterocycles. The van der Waals surface area contributed by atoms with Crippen LogP contribution in [0.25, 0.3) is 0 Å². The van der Waals surface area contributed by atoms with Gasteiger partial charge in [-0.3, -0.25) is 4.79 Å². The van der Waals surface area contributed by atoms with Gasteiger partial charge in [-0.15, -0.1) is 0 Å². The molecule has 0 bridgehead atoms. The highest BCUT2D eigenvalue weighted by molar-refractivity contribution is 6.31. The fourth-order valence-corrected chi connectivity index (χ4v) is 2.19. The standard InChI is InChI=1S/C16H14ClNO/c17-12-6-9-15(18-13-7-8-13)14(10-12)16(19)11-4-2-1-3-5-11/h1-6,9-10,13,18H,7-8H2. The molecule has 1 N–H and O–H groups in total. The van der Waals surface area contributed by atoms with Crippen molar-refractivity contribution in [2.24, 2.45) is 0 Å². The number of carbonyl (C=O) groups is 1. The van der Waals surface area contributed by atoms with E-state index in [1.807, 2.05) is 42.5 Å². The van der Waals surface area contributed by atoms with E-state index in [1.54, 1.807) is 6.07 Å². The van der Waals surface area contributed by atoms with Crippen molar-refractivity contribution in [1.29, 1.82) is 0 Å². The van der Waals surface area contributed by atoms with Gasteiger partial charge in [0.25, 0.3) is 0 Å². The van der Waals surface area contributed by atoms with E-state index in [4.69, 9.17) is 11.6 Å². The Morgan fingerprint density at radius 3 is 2.53 bits per heavy atom. The minimum Gasteiger partial charge on any atom is -0.382 e. The van der Waals surface area contributed by atoms with Crippen molar-refractivity contribution < 1.29 is 4.79 Å². The van der Waals surface area contributed by atoms with E-state index < -0.39 is 0 Å². The Bertz CT molecular complexity index is 605. The first-order chi connectivity index (χ1) is 9.24. The van der Waals surface area contributed by atoms with Gasteiger partial charge in [-0.05, 0) is 31.0 Å². The van der Waals surface area contributed by atoms with Crippen molar-refractivity contribution in [2.45, 2.75) is 18.9 Å². The zero-order chi connectivity index (χ0) is 13.2. The quantitative estimate of drug-likeness (QED) is 0.847. The maximum atomic E-state index is 12.5. The molecule has 1 aliphatic rings. The summed E-state index contributed by atoms with van der Waals surface area (Å²) in [7, 11) is 0. The molecule has 0 spiro atoms. The number of anilines is 1. The van der Waals surface area contributed by atoms with Crippen LogP contribution in [0.4, 0.5) is 5.69 Å². The monoisotopic (exact) mass is 271 g/mol. The number of halogens is 1.